The molecule has 0 fully saturated rings. The van der Waals surface area contributed by atoms with Crippen molar-refractivity contribution in [3.63, 3.8) is 0 Å². The molecule has 1 aromatic heterocycles. The van der Waals surface area contributed by atoms with Crippen molar-refractivity contribution in [3.8, 4) is 6.07 Å². The molecule has 0 unspecified atom stereocenters. The van der Waals surface area contributed by atoms with E-state index in [0.29, 0.717) is 11.4 Å². The van der Waals surface area contributed by atoms with Crippen molar-refractivity contribution in [1.29, 1.82) is 5.26 Å². The first-order valence-corrected chi connectivity index (χ1v) is 5.79. The standard InChI is InChI=1S/C12H18N4O/c1-9-10(2)15-16-12(11(9)8-13)14-6-4-3-5-7-17/h17H,3-7H2,1-2H3,(H,14,16). The van der Waals surface area contributed by atoms with Gasteiger partial charge < -0.3 is 10.4 Å². The van der Waals surface area contributed by atoms with E-state index >= 15 is 0 Å². The summed E-state index contributed by atoms with van der Waals surface area (Å²) >= 11 is 0. The maximum atomic E-state index is 9.07. The van der Waals surface area contributed by atoms with E-state index in [2.05, 4.69) is 21.6 Å². The first kappa shape index (κ1) is 13.4. The molecule has 0 aromatic carbocycles. The number of nitrogens with one attached hydrogen (secondary N) is 1. The predicted molar refractivity (Wildman–Crippen MR) is 65.6 cm³/mol. The fraction of sp³-hybridized carbons (Fsp3) is 0.583. The van der Waals surface area contributed by atoms with Crippen LogP contribution in [0.15, 0.2) is 0 Å². The molecule has 0 aliphatic heterocycles. The fourth-order valence-corrected chi connectivity index (χ4v) is 1.49. The lowest BCUT2D eigenvalue weighted by Crippen LogP contribution is -2.08. The predicted octanol–water partition coefficient (Wildman–Crippen LogP) is 1.54. The van der Waals surface area contributed by atoms with Crippen LogP contribution in [0.25, 0.3) is 0 Å². The highest BCUT2D eigenvalue weighted by Gasteiger charge is 2.09. The minimum Gasteiger partial charge on any atom is -0.396 e. The van der Waals surface area contributed by atoms with Gasteiger partial charge in [0.05, 0.1) is 5.69 Å². The van der Waals surface area contributed by atoms with E-state index in [-0.39, 0.29) is 6.61 Å². The van der Waals surface area contributed by atoms with Crippen molar-refractivity contribution in [3.05, 3.63) is 16.8 Å². The third-order valence-corrected chi connectivity index (χ3v) is 2.69. The maximum absolute atomic E-state index is 9.07. The summed E-state index contributed by atoms with van der Waals surface area (Å²) in [7, 11) is 0. The van der Waals surface area contributed by atoms with Gasteiger partial charge >= 0.3 is 0 Å². The second kappa shape index (κ2) is 6.81. The maximum Gasteiger partial charge on any atom is 0.166 e. The fourth-order valence-electron chi connectivity index (χ4n) is 1.49. The number of aliphatic hydroxyl groups excluding tert-OH is 1. The molecule has 0 aliphatic rings. The number of hydrogen-bond acceptors (Lipinski definition) is 5. The van der Waals surface area contributed by atoms with Crippen LogP contribution in [0.1, 0.15) is 36.1 Å². The number of unbranched alkanes of at least 4 members (excludes halogenated alkanes) is 2. The number of aliphatic hydroxyl groups is 1. The zero-order valence-corrected chi connectivity index (χ0v) is 10.3. The Morgan fingerprint density at radius 2 is 2.00 bits per heavy atom. The smallest absolute Gasteiger partial charge is 0.166 e. The van der Waals surface area contributed by atoms with Crippen LogP contribution in [0.5, 0.6) is 0 Å². The number of nitriles is 1. The van der Waals surface area contributed by atoms with Crippen LogP contribution in [0.2, 0.25) is 0 Å². The van der Waals surface area contributed by atoms with E-state index in [9.17, 15) is 0 Å². The summed E-state index contributed by atoms with van der Waals surface area (Å²) in [6.45, 7) is 4.69. The third-order valence-electron chi connectivity index (χ3n) is 2.69. The Balaban J connectivity index is 2.60. The number of nitrogens with zero attached hydrogens (tertiary/aromatic N) is 3. The van der Waals surface area contributed by atoms with Gasteiger partial charge in [0.25, 0.3) is 0 Å². The van der Waals surface area contributed by atoms with Crippen LogP contribution in [-0.4, -0.2) is 28.5 Å². The zero-order valence-electron chi connectivity index (χ0n) is 10.3. The first-order valence-electron chi connectivity index (χ1n) is 5.79. The molecule has 0 atom stereocenters. The topological polar surface area (TPSA) is 81.8 Å². The van der Waals surface area contributed by atoms with Gasteiger partial charge in [-0.3, -0.25) is 0 Å². The van der Waals surface area contributed by atoms with Gasteiger partial charge in [0.2, 0.25) is 0 Å². The molecule has 1 heterocycles. The lowest BCUT2D eigenvalue weighted by atomic mass is 10.1. The highest BCUT2D eigenvalue weighted by atomic mass is 16.2. The van der Waals surface area contributed by atoms with Crippen molar-refractivity contribution in [1.82, 2.24) is 10.2 Å². The van der Waals surface area contributed by atoms with Crippen LogP contribution < -0.4 is 5.32 Å². The molecule has 2 N–H and O–H groups in total. The number of hydrogen-bond donors (Lipinski definition) is 2. The second-order valence-corrected chi connectivity index (χ2v) is 3.96. The largest absolute Gasteiger partial charge is 0.396 e. The SMILES string of the molecule is Cc1nnc(NCCCCCO)c(C#N)c1C. The minimum atomic E-state index is 0.229. The highest BCUT2D eigenvalue weighted by molar-refractivity contribution is 5.55. The minimum absolute atomic E-state index is 0.229. The Kier molecular flexibility index (Phi) is 5.37. The van der Waals surface area contributed by atoms with Crippen LogP contribution >= 0.6 is 0 Å². The summed E-state index contributed by atoms with van der Waals surface area (Å²) < 4.78 is 0. The van der Waals surface area contributed by atoms with E-state index in [1.54, 1.807) is 0 Å². The van der Waals surface area contributed by atoms with E-state index in [1.165, 1.54) is 0 Å². The number of aromatic nitrogens is 2. The summed E-state index contributed by atoms with van der Waals surface area (Å²) in [5, 5.41) is 28.8. The van der Waals surface area contributed by atoms with Gasteiger partial charge in [0, 0.05) is 13.2 Å². The molecule has 5 nitrogen and oxygen atoms in total. The average molecular weight is 234 g/mol. The van der Waals surface area contributed by atoms with Crippen LogP contribution in [0, 0.1) is 25.2 Å². The summed E-state index contributed by atoms with van der Waals surface area (Å²) in [4.78, 5) is 0. The summed E-state index contributed by atoms with van der Waals surface area (Å²) in [6, 6.07) is 2.15. The molecular formula is C12H18N4O. The van der Waals surface area contributed by atoms with Gasteiger partial charge in [-0.25, -0.2) is 0 Å². The molecule has 92 valence electrons. The van der Waals surface area contributed by atoms with Gasteiger partial charge in [0.15, 0.2) is 5.82 Å². The van der Waals surface area contributed by atoms with E-state index in [0.717, 1.165) is 37.1 Å². The number of anilines is 1. The molecular weight excluding hydrogens is 216 g/mol. The lowest BCUT2D eigenvalue weighted by molar-refractivity contribution is 0.283. The van der Waals surface area contributed by atoms with Gasteiger partial charge in [0.1, 0.15) is 11.6 Å². The van der Waals surface area contributed by atoms with Crippen LogP contribution in [0.3, 0.4) is 0 Å². The normalized spacial score (nSPS) is 10.0. The number of aryl methyl sites for hydroxylation is 1. The molecule has 0 saturated heterocycles. The van der Waals surface area contributed by atoms with Crippen molar-refractivity contribution >= 4 is 5.82 Å². The second-order valence-electron chi connectivity index (χ2n) is 3.96. The van der Waals surface area contributed by atoms with Crippen LogP contribution in [-0.2, 0) is 0 Å². The molecule has 0 amide bonds. The Hall–Kier alpha value is -1.67. The van der Waals surface area contributed by atoms with Crippen molar-refractivity contribution in [2.24, 2.45) is 0 Å². The molecule has 0 aliphatic carbocycles. The highest BCUT2D eigenvalue weighted by Crippen LogP contribution is 2.16. The molecule has 0 spiro atoms. The van der Waals surface area contributed by atoms with Gasteiger partial charge in [-0.2, -0.15) is 10.4 Å². The molecule has 0 bridgehead atoms. The van der Waals surface area contributed by atoms with Crippen LogP contribution in [0.4, 0.5) is 5.82 Å². The Morgan fingerprint density at radius 3 is 2.65 bits per heavy atom. The monoisotopic (exact) mass is 234 g/mol. The van der Waals surface area contributed by atoms with Gasteiger partial charge in [-0.15, -0.1) is 5.10 Å². The average Bonchev–Trinajstić information content (AvgIpc) is 2.33. The Morgan fingerprint density at radius 1 is 1.24 bits per heavy atom. The van der Waals surface area contributed by atoms with Crippen molar-refractivity contribution < 1.29 is 5.11 Å². The quantitative estimate of drug-likeness (QED) is 0.730. The molecule has 1 aromatic rings. The van der Waals surface area contributed by atoms with E-state index < -0.39 is 0 Å². The van der Waals surface area contributed by atoms with E-state index in [1.807, 2.05) is 13.8 Å². The summed E-state index contributed by atoms with van der Waals surface area (Å²) in [6.07, 6.45) is 2.72. The third kappa shape index (κ3) is 3.68. The summed E-state index contributed by atoms with van der Waals surface area (Å²) in [5.74, 6) is 0.555. The Bertz CT molecular complexity index is 412. The van der Waals surface area contributed by atoms with Gasteiger partial charge in [-0.1, -0.05) is 0 Å². The summed E-state index contributed by atoms with van der Waals surface area (Å²) in [5.41, 5.74) is 2.23. The number of rotatable bonds is 6. The van der Waals surface area contributed by atoms with Crippen molar-refractivity contribution in [2.45, 2.75) is 33.1 Å². The zero-order chi connectivity index (χ0) is 12.7. The lowest BCUT2D eigenvalue weighted by Gasteiger charge is -2.09. The van der Waals surface area contributed by atoms with Gasteiger partial charge in [-0.05, 0) is 38.7 Å². The van der Waals surface area contributed by atoms with E-state index in [4.69, 9.17) is 10.4 Å². The molecule has 17 heavy (non-hydrogen) atoms. The molecule has 1 rings (SSSR count). The molecule has 5 heteroatoms. The first-order chi connectivity index (χ1) is 8.20. The molecule has 0 saturated carbocycles. The molecule has 0 radical (unpaired) electrons. The van der Waals surface area contributed by atoms with Crippen molar-refractivity contribution in [2.75, 3.05) is 18.5 Å². The Labute approximate surface area is 101 Å².